The molecule has 174 valence electrons. The molecule has 2 aromatic carbocycles. The molecule has 0 spiro atoms. The van der Waals surface area contributed by atoms with E-state index in [0.717, 1.165) is 54.3 Å². The first-order valence-corrected chi connectivity index (χ1v) is 12.3. The monoisotopic (exact) mass is 475 g/mol. The number of carbonyl (C=O) groups excluding carboxylic acids is 1. The maximum absolute atomic E-state index is 13.3. The average Bonchev–Trinajstić information content (AvgIpc) is 3.01. The summed E-state index contributed by atoms with van der Waals surface area (Å²) in [5.74, 6) is 1.24. The average molecular weight is 476 g/mol. The number of thioether (sulfide) groups is 1. The summed E-state index contributed by atoms with van der Waals surface area (Å²) in [6.07, 6.45) is 4.04. The number of rotatable bonds is 7. The number of carbonyl (C=O) groups is 1. The molecule has 2 aromatic rings. The van der Waals surface area contributed by atoms with Gasteiger partial charge in [-0.15, -0.1) is 5.10 Å². The van der Waals surface area contributed by atoms with Gasteiger partial charge in [0.05, 0.1) is 5.69 Å². The van der Waals surface area contributed by atoms with Crippen LogP contribution in [-0.4, -0.2) is 31.8 Å². The highest BCUT2D eigenvalue weighted by Crippen LogP contribution is 2.32. The van der Waals surface area contributed by atoms with Crippen molar-refractivity contribution in [2.24, 2.45) is 5.73 Å². The van der Waals surface area contributed by atoms with Crippen LogP contribution in [0.2, 0.25) is 0 Å². The number of benzene rings is 2. The number of ether oxygens (including phenoxy) is 1. The van der Waals surface area contributed by atoms with E-state index in [1.165, 1.54) is 4.68 Å². The first kappa shape index (κ1) is 22.2. The predicted molar refractivity (Wildman–Crippen MR) is 130 cm³/mol. The first-order valence-electron chi connectivity index (χ1n) is 11.3. The second-order valence-corrected chi connectivity index (χ2v) is 9.19. The van der Waals surface area contributed by atoms with E-state index < -0.39 is 5.91 Å². The largest absolute Gasteiger partial charge is 0.484 e. The topological polar surface area (TPSA) is 105 Å². The van der Waals surface area contributed by atoms with Crippen molar-refractivity contribution in [2.45, 2.75) is 43.1 Å². The van der Waals surface area contributed by atoms with Crippen LogP contribution in [0.5, 0.6) is 5.75 Å². The molecule has 2 N–H and O–H groups in total. The third kappa shape index (κ3) is 4.56. The Bertz CT molecular complexity index is 1350. The Kier molecular flexibility index (Phi) is 6.35. The minimum absolute atomic E-state index is 0.116. The molecule has 0 radical (unpaired) electrons. The molecular weight excluding hydrogens is 450 g/mol. The van der Waals surface area contributed by atoms with Gasteiger partial charge in [-0.3, -0.25) is 9.59 Å². The highest BCUT2D eigenvalue weighted by molar-refractivity contribution is 7.98. The molecule has 0 bridgehead atoms. The van der Waals surface area contributed by atoms with E-state index in [1.54, 1.807) is 17.8 Å². The lowest BCUT2D eigenvalue weighted by Crippen LogP contribution is -2.20. The van der Waals surface area contributed by atoms with Crippen LogP contribution >= 0.6 is 11.8 Å². The predicted octanol–water partition coefficient (Wildman–Crippen LogP) is 3.42. The van der Waals surface area contributed by atoms with Crippen molar-refractivity contribution in [1.29, 1.82) is 0 Å². The van der Waals surface area contributed by atoms with Gasteiger partial charge < -0.3 is 15.0 Å². The molecule has 0 atom stereocenters. The van der Waals surface area contributed by atoms with Crippen LogP contribution in [-0.2, 0) is 23.5 Å². The maximum atomic E-state index is 13.3. The van der Waals surface area contributed by atoms with Gasteiger partial charge in [-0.1, -0.05) is 48.5 Å². The zero-order valence-corrected chi connectivity index (χ0v) is 19.5. The fourth-order valence-corrected chi connectivity index (χ4v) is 5.22. The molecule has 34 heavy (non-hydrogen) atoms. The number of aromatic nitrogens is 4. The van der Waals surface area contributed by atoms with Crippen LogP contribution in [0.25, 0.3) is 17.1 Å². The van der Waals surface area contributed by atoms with Crippen molar-refractivity contribution in [3.05, 3.63) is 76.2 Å². The van der Waals surface area contributed by atoms with Gasteiger partial charge in [-0.05, 0) is 49.1 Å². The summed E-state index contributed by atoms with van der Waals surface area (Å²) in [4.78, 5) is 29.2. The Morgan fingerprint density at radius 3 is 2.76 bits per heavy atom. The van der Waals surface area contributed by atoms with Gasteiger partial charge in [0.1, 0.15) is 11.3 Å². The van der Waals surface area contributed by atoms with Gasteiger partial charge in [0.2, 0.25) is 0 Å². The van der Waals surface area contributed by atoms with Crippen LogP contribution in [0.3, 0.4) is 0 Å². The molecule has 0 aliphatic carbocycles. The van der Waals surface area contributed by atoms with E-state index in [1.807, 2.05) is 48.5 Å². The second kappa shape index (κ2) is 9.72. The van der Waals surface area contributed by atoms with Gasteiger partial charge in [0.25, 0.3) is 11.5 Å². The summed E-state index contributed by atoms with van der Waals surface area (Å²) in [5.41, 5.74) is 8.48. The van der Waals surface area contributed by atoms with E-state index in [-0.39, 0.29) is 12.2 Å². The lowest BCUT2D eigenvalue weighted by molar-refractivity contribution is -0.119. The van der Waals surface area contributed by atoms with Gasteiger partial charge >= 0.3 is 0 Å². The molecule has 9 heteroatoms. The molecule has 0 fully saturated rings. The molecule has 3 aliphatic heterocycles. The molecule has 5 rings (SSSR count). The minimum atomic E-state index is -0.510. The molecule has 0 saturated heterocycles. The van der Waals surface area contributed by atoms with Crippen LogP contribution in [0.1, 0.15) is 30.5 Å². The Morgan fingerprint density at radius 2 is 1.94 bits per heavy atom. The molecule has 0 saturated carbocycles. The SMILES string of the molecule is NC(=O)COc1cccc(CSc2nc3nn(-c4ccccc4)c(=O)c-3c3n2CCCCC3)c1. The zero-order chi connectivity index (χ0) is 23.5. The van der Waals surface area contributed by atoms with Crippen LogP contribution in [0.4, 0.5) is 0 Å². The van der Waals surface area contributed by atoms with Crippen LogP contribution < -0.4 is 16.0 Å². The van der Waals surface area contributed by atoms with Gasteiger partial charge in [0.15, 0.2) is 17.6 Å². The Hall–Kier alpha value is -3.59. The van der Waals surface area contributed by atoms with Gasteiger partial charge in [0, 0.05) is 18.0 Å². The van der Waals surface area contributed by atoms with Crippen molar-refractivity contribution in [3.63, 3.8) is 0 Å². The number of nitrogens with zero attached hydrogens (tertiary/aromatic N) is 4. The summed E-state index contributed by atoms with van der Waals surface area (Å²) in [6, 6.07) is 17.1. The molecule has 8 nitrogen and oxygen atoms in total. The highest BCUT2D eigenvalue weighted by Gasteiger charge is 2.27. The smallest absolute Gasteiger partial charge is 0.284 e. The van der Waals surface area contributed by atoms with Crippen molar-refractivity contribution in [3.8, 4) is 22.8 Å². The van der Waals surface area contributed by atoms with Crippen molar-refractivity contribution >= 4 is 17.7 Å². The Morgan fingerprint density at radius 1 is 1.09 bits per heavy atom. The van der Waals surface area contributed by atoms with Gasteiger partial charge in [-0.25, -0.2) is 4.98 Å². The highest BCUT2D eigenvalue weighted by atomic mass is 32.2. The Labute approximate surface area is 201 Å². The second-order valence-electron chi connectivity index (χ2n) is 8.25. The molecule has 0 aromatic heterocycles. The summed E-state index contributed by atoms with van der Waals surface area (Å²) >= 11 is 1.61. The molecular formula is C25H25N5O3S. The quantitative estimate of drug-likeness (QED) is 0.324. The molecule has 1 amide bonds. The lowest BCUT2D eigenvalue weighted by Gasteiger charge is -2.17. The van der Waals surface area contributed by atoms with E-state index in [2.05, 4.69) is 9.67 Å². The van der Waals surface area contributed by atoms with Crippen molar-refractivity contribution in [2.75, 3.05) is 6.61 Å². The van der Waals surface area contributed by atoms with E-state index in [9.17, 15) is 9.59 Å². The standard InChI is InChI=1S/C25H25N5O3S/c26-21(31)15-33-19-11-7-8-17(14-19)16-34-25-27-23-22(20-12-5-2-6-13-29(20)25)24(32)30(28-23)18-9-3-1-4-10-18/h1,3-4,7-11,14H,2,5-6,12-13,15-16H2,(H2,26,31). The van der Waals surface area contributed by atoms with E-state index >= 15 is 0 Å². The molecule has 3 heterocycles. The van der Waals surface area contributed by atoms with Crippen LogP contribution in [0, 0.1) is 0 Å². The lowest BCUT2D eigenvalue weighted by atomic mass is 10.1. The normalized spacial score (nSPS) is 13.4. The van der Waals surface area contributed by atoms with Crippen molar-refractivity contribution in [1.82, 2.24) is 19.3 Å². The minimum Gasteiger partial charge on any atom is -0.484 e. The first-order chi connectivity index (χ1) is 16.6. The fourth-order valence-electron chi connectivity index (χ4n) is 4.24. The maximum Gasteiger partial charge on any atom is 0.284 e. The number of nitrogens with two attached hydrogens (primary N) is 1. The number of fused-ring (bicyclic) bond motifs is 3. The molecule has 0 unspecified atom stereocenters. The van der Waals surface area contributed by atoms with E-state index in [4.69, 9.17) is 15.5 Å². The fraction of sp³-hybridized carbons (Fsp3) is 0.280. The van der Waals surface area contributed by atoms with E-state index in [0.29, 0.717) is 22.9 Å². The summed E-state index contributed by atoms with van der Waals surface area (Å²) in [5, 5.41) is 5.45. The number of hydrogen-bond donors (Lipinski definition) is 1. The third-order valence-corrected chi connectivity index (χ3v) is 6.86. The molecule has 3 aliphatic rings. The third-order valence-electron chi connectivity index (χ3n) is 5.81. The van der Waals surface area contributed by atoms with Crippen LogP contribution in [0.15, 0.2) is 64.5 Å². The Balaban J connectivity index is 1.50. The zero-order valence-electron chi connectivity index (χ0n) is 18.6. The summed E-state index contributed by atoms with van der Waals surface area (Å²) < 4.78 is 9.09. The number of primary amides is 1. The number of hydrogen-bond acceptors (Lipinski definition) is 6. The van der Waals surface area contributed by atoms with Gasteiger partial charge in [-0.2, -0.15) is 4.68 Å². The number of para-hydroxylation sites is 1. The summed E-state index contributed by atoms with van der Waals surface area (Å²) in [6.45, 7) is 0.679. The number of amides is 1. The summed E-state index contributed by atoms with van der Waals surface area (Å²) in [7, 11) is 0. The van der Waals surface area contributed by atoms with Crippen molar-refractivity contribution < 1.29 is 9.53 Å².